The van der Waals surface area contributed by atoms with Crippen molar-refractivity contribution in [1.82, 2.24) is 9.55 Å². The van der Waals surface area contributed by atoms with Gasteiger partial charge in [-0.15, -0.1) is 0 Å². The van der Waals surface area contributed by atoms with E-state index in [1.165, 1.54) is 12.1 Å². The lowest BCUT2D eigenvalue weighted by atomic mass is 9.95. The molecule has 1 aromatic heterocycles. The van der Waals surface area contributed by atoms with Gasteiger partial charge in [0.2, 0.25) is 0 Å². The number of fused-ring (bicyclic) bond motifs is 1. The fourth-order valence-electron chi connectivity index (χ4n) is 2.54. The van der Waals surface area contributed by atoms with E-state index in [-0.39, 0.29) is 11.7 Å². The van der Waals surface area contributed by atoms with Crippen LogP contribution in [-0.2, 0) is 6.54 Å². The maximum Gasteiger partial charge on any atom is 0.125 e. The van der Waals surface area contributed by atoms with Crippen molar-refractivity contribution in [1.29, 1.82) is 0 Å². The van der Waals surface area contributed by atoms with E-state index in [4.69, 9.17) is 5.73 Å². The molecule has 1 atom stereocenters. The quantitative estimate of drug-likeness (QED) is 0.899. The summed E-state index contributed by atoms with van der Waals surface area (Å²) < 4.78 is 15.5. The first kappa shape index (κ1) is 14.0. The van der Waals surface area contributed by atoms with Crippen LogP contribution >= 0.6 is 0 Å². The Balaban J connectivity index is 2.61. The molecule has 2 rings (SSSR count). The van der Waals surface area contributed by atoms with E-state index in [1.54, 1.807) is 0 Å². The molecule has 1 aromatic carbocycles. The van der Waals surface area contributed by atoms with Crippen molar-refractivity contribution < 1.29 is 4.39 Å². The third kappa shape index (κ3) is 2.63. The van der Waals surface area contributed by atoms with Gasteiger partial charge < -0.3 is 10.3 Å². The van der Waals surface area contributed by atoms with Crippen LogP contribution in [0.25, 0.3) is 11.0 Å². The Labute approximate surface area is 113 Å². The van der Waals surface area contributed by atoms with E-state index >= 15 is 0 Å². The lowest BCUT2D eigenvalue weighted by Crippen LogP contribution is -2.22. The van der Waals surface area contributed by atoms with Gasteiger partial charge in [-0.05, 0) is 24.5 Å². The Bertz CT molecular complexity index is 560. The van der Waals surface area contributed by atoms with E-state index in [0.29, 0.717) is 12.5 Å². The fourth-order valence-corrected chi connectivity index (χ4v) is 2.54. The van der Waals surface area contributed by atoms with Gasteiger partial charge in [0, 0.05) is 25.1 Å². The number of aromatic nitrogens is 2. The largest absolute Gasteiger partial charge is 0.330 e. The Morgan fingerprint density at radius 2 is 2.11 bits per heavy atom. The van der Waals surface area contributed by atoms with Crippen molar-refractivity contribution in [3.8, 4) is 0 Å². The van der Waals surface area contributed by atoms with Gasteiger partial charge in [-0.25, -0.2) is 9.37 Å². The second-order valence-corrected chi connectivity index (χ2v) is 5.34. The van der Waals surface area contributed by atoms with Gasteiger partial charge in [-0.1, -0.05) is 20.8 Å². The van der Waals surface area contributed by atoms with Crippen molar-refractivity contribution in [2.75, 3.05) is 6.54 Å². The number of hydrogen-bond acceptors (Lipinski definition) is 2. The third-order valence-electron chi connectivity index (χ3n) is 3.58. The minimum atomic E-state index is -0.242. The van der Waals surface area contributed by atoms with Crippen LogP contribution in [0.15, 0.2) is 18.2 Å². The highest BCUT2D eigenvalue weighted by molar-refractivity contribution is 5.76. The molecule has 0 bridgehead atoms. The first-order chi connectivity index (χ1) is 9.08. The molecule has 0 saturated carbocycles. The molecule has 0 aliphatic carbocycles. The van der Waals surface area contributed by atoms with Gasteiger partial charge in [0.15, 0.2) is 0 Å². The van der Waals surface area contributed by atoms with Crippen LogP contribution in [0.3, 0.4) is 0 Å². The number of halogens is 1. The lowest BCUT2D eigenvalue weighted by Gasteiger charge is -2.20. The number of imidazole rings is 1. The van der Waals surface area contributed by atoms with Crippen LogP contribution in [0.5, 0.6) is 0 Å². The highest BCUT2D eigenvalue weighted by atomic mass is 19.1. The summed E-state index contributed by atoms with van der Waals surface area (Å²) >= 11 is 0. The predicted molar refractivity (Wildman–Crippen MR) is 76.6 cm³/mol. The van der Waals surface area contributed by atoms with Gasteiger partial charge in [-0.3, -0.25) is 0 Å². The Morgan fingerprint density at radius 3 is 2.68 bits per heavy atom. The summed E-state index contributed by atoms with van der Waals surface area (Å²) in [5, 5.41) is 0. The highest BCUT2D eigenvalue weighted by Crippen LogP contribution is 2.27. The first-order valence-corrected chi connectivity index (χ1v) is 6.94. The second kappa shape index (κ2) is 5.70. The van der Waals surface area contributed by atoms with Crippen LogP contribution in [0, 0.1) is 11.7 Å². The molecular weight excluding hydrogens is 241 g/mol. The first-order valence-electron chi connectivity index (χ1n) is 6.94. The zero-order valence-electron chi connectivity index (χ0n) is 11.9. The zero-order valence-corrected chi connectivity index (χ0v) is 11.9. The standard InChI is InChI=1S/C15H22FN3/c1-4-7-19-14-6-5-11(16)8-13(14)18-15(19)12(9-17)10(2)3/h5-6,8,10,12H,4,7,9,17H2,1-3H3. The van der Waals surface area contributed by atoms with Crippen LogP contribution < -0.4 is 5.73 Å². The van der Waals surface area contributed by atoms with Crippen LogP contribution in [-0.4, -0.2) is 16.1 Å². The number of nitrogens with zero attached hydrogens (tertiary/aromatic N) is 2. The fraction of sp³-hybridized carbons (Fsp3) is 0.533. The molecule has 2 N–H and O–H groups in total. The number of hydrogen-bond donors (Lipinski definition) is 1. The average molecular weight is 263 g/mol. The molecule has 1 unspecified atom stereocenters. The molecule has 0 aliphatic heterocycles. The molecule has 19 heavy (non-hydrogen) atoms. The summed E-state index contributed by atoms with van der Waals surface area (Å²) in [6.07, 6.45) is 1.02. The van der Waals surface area contributed by atoms with Crippen molar-refractivity contribution in [3.05, 3.63) is 29.8 Å². The summed E-state index contributed by atoms with van der Waals surface area (Å²) in [6.45, 7) is 7.88. The Hall–Kier alpha value is -1.42. The summed E-state index contributed by atoms with van der Waals surface area (Å²) in [4.78, 5) is 4.63. The minimum Gasteiger partial charge on any atom is -0.330 e. The zero-order chi connectivity index (χ0) is 14.0. The maximum absolute atomic E-state index is 13.3. The van der Waals surface area contributed by atoms with E-state index < -0.39 is 0 Å². The predicted octanol–water partition coefficient (Wildman–Crippen LogP) is 3.28. The van der Waals surface area contributed by atoms with E-state index in [9.17, 15) is 4.39 Å². The third-order valence-corrected chi connectivity index (χ3v) is 3.58. The molecule has 0 amide bonds. The summed E-state index contributed by atoms with van der Waals surface area (Å²) in [7, 11) is 0. The van der Waals surface area contributed by atoms with Gasteiger partial charge in [0.05, 0.1) is 11.0 Å². The van der Waals surface area contributed by atoms with Gasteiger partial charge in [-0.2, -0.15) is 0 Å². The van der Waals surface area contributed by atoms with Gasteiger partial charge in [0.25, 0.3) is 0 Å². The van der Waals surface area contributed by atoms with E-state index in [0.717, 1.165) is 29.8 Å². The topological polar surface area (TPSA) is 43.8 Å². The van der Waals surface area contributed by atoms with Crippen molar-refractivity contribution in [2.45, 2.75) is 39.7 Å². The molecule has 0 aliphatic rings. The van der Waals surface area contributed by atoms with Crippen molar-refractivity contribution in [2.24, 2.45) is 11.7 Å². The Kier molecular flexibility index (Phi) is 4.20. The smallest absolute Gasteiger partial charge is 0.125 e. The van der Waals surface area contributed by atoms with Crippen LogP contribution in [0.2, 0.25) is 0 Å². The highest BCUT2D eigenvalue weighted by Gasteiger charge is 2.21. The van der Waals surface area contributed by atoms with Gasteiger partial charge in [0.1, 0.15) is 11.6 Å². The number of rotatable bonds is 5. The van der Waals surface area contributed by atoms with Crippen LogP contribution in [0.4, 0.5) is 4.39 Å². The molecule has 0 radical (unpaired) electrons. The molecule has 3 nitrogen and oxygen atoms in total. The minimum absolute atomic E-state index is 0.210. The molecule has 0 fully saturated rings. The Morgan fingerprint density at radius 1 is 1.37 bits per heavy atom. The SMILES string of the molecule is CCCn1c(C(CN)C(C)C)nc2cc(F)ccc21. The number of benzene rings is 1. The monoisotopic (exact) mass is 263 g/mol. The molecule has 104 valence electrons. The summed E-state index contributed by atoms with van der Waals surface area (Å²) in [6, 6.07) is 4.80. The normalized spacial score (nSPS) is 13.4. The average Bonchev–Trinajstić information content (AvgIpc) is 2.68. The van der Waals surface area contributed by atoms with Crippen molar-refractivity contribution in [3.63, 3.8) is 0 Å². The maximum atomic E-state index is 13.3. The molecule has 1 heterocycles. The molecule has 0 saturated heterocycles. The summed E-state index contributed by atoms with van der Waals surface area (Å²) in [5.41, 5.74) is 7.62. The molecular formula is C15H22FN3. The lowest BCUT2D eigenvalue weighted by molar-refractivity contribution is 0.462. The summed E-state index contributed by atoms with van der Waals surface area (Å²) in [5.74, 6) is 1.37. The van der Waals surface area contributed by atoms with Crippen LogP contribution in [0.1, 0.15) is 38.9 Å². The van der Waals surface area contributed by atoms with E-state index in [1.807, 2.05) is 6.07 Å². The molecule has 0 spiro atoms. The van der Waals surface area contributed by atoms with Crippen molar-refractivity contribution >= 4 is 11.0 Å². The van der Waals surface area contributed by atoms with Gasteiger partial charge >= 0.3 is 0 Å². The molecule has 2 aromatic rings. The second-order valence-electron chi connectivity index (χ2n) is 5.34. The number of nitrogens with two attached hydrogens (primary N) is 1. The molecule has 4 heteroatoms. The van der Waals surface area contributed by atoms with E-state index in [2.05, 4.69) is 30.3 Å². The number of aryl methyl sites for hydroxylation is 1.